The molecule has 174 valence electrons. The summed E-state index contributed by atoms with van der Waals surface area (Å²) in [6.45, 7) is 4.56. The van der Waals surface area contributed by atoms with E-state index in [-0.39, 0.29) is 23.7 Å². The molecule has 0 saturated carbocycles. The molecule has 1 aromatic carbocycles. The number of halogens is 4. The molecular formula is C24H24F4N4O. The van der Waals surface area contributed by atoms with Gasteiger partial charge in [-0.05, 0) is 57.0 Å². The normalized spacial score (nSPS) is 12.5. The average Bonchev–Trinajstić information content (AvgIpc) is 2.78. The number of benzene rings is 1. The lowest BCUT2D eigenvalue weighted by atomic mass is 10.0. The van der Waals surface area contributed by atoms with Crippen LogP contribution in [0.4, 0.5) is 17.6 Å². The van der Waals surface area contributed by atoms with E-state index in [0.717, 1.165) is 18.3 Å². The summed E-state index contributed by atoms with van der Waals surface area (Å²) in [5.74, 6) is -4.69. The van der Waals surface area contributed by atoms with Crippen molar-refractivity contribution in [1.82, 2.24) is 19.9 Å². The van der Waals surface area contributed by atoms with Crippen LogP contribution in [-0.4, -0.2) is 38.3 Å². The number of pyridine rings is 1. The Labute approximate surface area is 189 Å². The molecule has 0 aliphatic rings. The molecule has 0 aliphatic carbocycles. The smallest absolute Gasteiger partial charge is 0.272 e. The van der Waals surface area contributed by atoms with Crippen LogP contribution in [0.15, 0.2) is 48.9 Å². The number of hydrogen-bond donors (Lipinski definition) is 0. The largest absolute Gasteiger partial charge is 0.336 e. The molecule has 2 heterocycles. The number of rotatable bonds is 8. The summed E-state index contributed by atoms with van der Waals surface area (Å²) in [4.78, 5) is 27.0. The zero-order valence-corrected chi connectivity index (χ0v) is 18.5. The third-order valence-corrected chi connectivity index (χ3v) is 5.38. The standard InChI is InChI=1S/C24H24F4N4O/c1-4-32(15(2)6-9-21-20(26)12-16(14-31-21)24(3,27)28)23(33)19-13-17(25)7-8-18(19)22-29-10-5-11-30-22/h5,7-8,10-15H,4,6,9H2,1-3H3/t15-/m0/s1. The van der Waals surface area contributed by atoms with Crippen molar-refractivity contribution in [3.8, 4) is 11.4 Å². The van der Waals surface area contributed by atoms with Crippen LogP contribution < -0.4 is 0 Å². The highest BCUT2D eigenvalue weighted by Gasteiger charge is 2.27. The SMILES string of the molecule is CCN(C(=O)c1cc(F)ccc1-c1ncccn1)[C@@H](C)CCc1ncc(C(C)(F)F)cc1F. The summed E-state index contributed by atoms with van der Waals surface area (Å²) in [7, 11) is 0. The van der Waals surface area contributed by atoms with Crippen LogP contribution in [-0.2, 0) is 12.3 Å². The lowest BCUT2D eigenvalue weighted by molar-refractivity contribution is 0.0167. The van der Waals surface area contributed by atoms with Gasteiger partial charge in [0.15, 0.2) is 5.82 Å². The first-order valence-corrected chi connectivity index (χ1v) is 10.5. The molecular weight excluding hydrogens is 436 g/mol. The summed E-state index contributed by atoms with van der Waals surface area (Å²) in [6.07, 6.45) is 4.50. The minimum atomic E-state index is -3.18. The minimum Gasteiger partial charge on any atom is -0.336 e. The molecule has 0 bridgehead atoms. The summed E-state index contributed by atoms with van der Waals surface area (Å²) in [5.41, 5.74) is 0.0663. The first kappa shape index (κ1) is 24.3. The van der Waals surface area contributed by atoms with Crippen molar-refractivity contribution in [2.75, 3.05) is 6.54 Å². The number of nitrogens with zero attached hydrogens (tertiary/aromatic N) is 4. The predicted octanol–water partition coefficient (Wildman–Crippen LogP) is 5.41. The quantitative estimate of drug-likeness (QED) is 0.422. The van der Waals surface area contributed by atoms with Gasteiger partial charge in [-0.1, -0.05) is 0 Å². The third-order valence-electron chi connectivity index (χ3n) is 5.38. The molecule has 3 aromatic rings. The van der Waals surface area contributed by atoms with Crippen LogP contribution >= 0.6 is 0 Å². The van der Waals surface area contributed by atoms with Crippen LogP contribution in [0.2, 0.25) is 0 Å². The van der Waals surface area contributed by atoms with Gasteiger partial charge in [0.2, 0.25) is 0 Å². The van der Waals surface area contributed by atoms with E-state index in [9.17, 15) is 22.4 Å². The van der Waals surface area contributed by atoms with Crippen LogP contribution in [0.5, 0.6) is 0 Å². The number of aryl methyl sites for hydroxylation is 1. The van der Waals surface area contributed by atoms with Crippen LogP contribution in [0.25, 0.3) is 11.4 Å². The Morgan fingerprint density at radius 1 is 1.12 bits per heavy atom. The Hall–Kier alpha value is -3.36. The van der Waals surface area contributed by atoms with Gasteiger partial charge in [0.05, 0.1) is 11.3 Å². The zero-order chi connectivity index (χ0) is 24.2. The molecule has 3 rings (SSSR count). The minimum absolute atomic E-state index is 0.0440. The summed E-state index contributed by atoms with van der Waals surface area (Å²) in [6, 6.07) is 5.91. The van der Waals surface area contributed by atoms with Crippen molar-refractivity contribution >= 4 is 5.91 Å². The second-order valence-corrected chi connectivity index (χ2v) is 7.78. The maximum Gasteiger partial charge on any atom is 0.272 e. The Bertz CT molecular complexity index is 1120. The van der Waals surface area contributed by atoms with Crippen LogP contribution in [0, 0.1) is 11.6 Å². The molecule has 0 fully saturated rings. The van der Waals surface area contributed by atoms with E-state index >= 15 is 0 Å². The second-order valence-electron chi connectivity index (χ2n) is 7.78. The molecule has 5 nitrogen and oxygen atoms in total. The molecule has 1 atom stereocenters. The van der Waals surface area contributed by atoms with Crippen LogP contribution in [0.3, 0.4) is 0 Å². The lowest BCUT2D eigenvalue weighted by Crippen LogP contribution is -2.39. The molecule has 0 N–H and O–H groups in total. The number of hydrogen-bond acceptors (Lipinski definition) is 4. The van der Waals surface area contributed by atoms with Gasteiger partial charge >= 0.3 is 0 Å². The lowest BCUT2D eigenvalue weighted by Gasteiger charge is -2.29. The number of carbonyl (C=O) groups excluding carboxylic acids is 1. The van der Waals surface area contributed by atoms with E-state index in [1.807, 2.05) is 0 Å². The van der Waals surface area contributed by atoms with E-state index in [0.29, 0.717) is 31.3 Å². The Morgan fingerprint density at radius 2 is 1.82 bits per heavy atom. The number of amides is 1. The second kappa shape index (κ2) is 10.1. The van der Waals surface area contributed by atoms with E-state index < -0.39 is 29.0 Å². The molecule has 33 heavy (non-hydrogen) atoms. The van der Waals surface area contributed by atoms with Gasteiger partial charge in [0.1, 0.15) is 11.6 Å². The van der Waals surface area contributed by atoms with Crippen LogP contribution in [0.1, 0.15) is 48.8 Å². The van der Waals surface area contributed by atoms with Gasteiger partial charge in [-0.3, -0.25) is 9.78 Å². The highest BCUT2D eigenvalue weighted by molar-refractivity contribution is 6.00. The molecule has 1 amide bonds. The fourth-order valence-corrected chi connectivity index (χ4v) is 3.53. The van der Waals surface area contributed by atoms with Crippen molar-refractivity contribution in [3.63, 3.8) is 0 Å². The molecule has 9 heteroatoms. The maximum absolute atomic E-state index is 14.3. The maximum atomic E-state index is 14.3. The highest BCUT2D eigenvalue weighted by atomic mass is 19.3. The first-order chi connectivity index (χ1) is 15.6. The summed E-state index contributed by atoms with van der Waals surface area (Å²) < 4.78 is 55.1. The third kappa shape index (κ3) is 5.71. The molecule has 0 radical (unpaired) electrons. The van der Waals surface area contributed by atoms with Crippen molar-refractivity contribution in [1.29, 1.82) is 0 Å². The molecule has 0 aliphatic heterocycles. The van der Waals surface area contributed by atoms with Gasteiger partial charge in [-0.15, -0.1) is 0 Å². The van der Waals surface area contributed by atoms with E-state index in [1.54, 1.807) is 19.9 Å². The molecule has 0 spiro atoms. The molecule has 0 saturated heterocycles. The first-order valence-electron chi connectivity index (χ1n) is 10.5. The molecule has 0 unspecified atom stereocenters. The fraction of sp³-hybridized carbons (Fsp3) is 0.333. The van der Waals surface area contributed by atoms with Gasteiger partial charge in [0.25, 0.3) is 11.8 Å². The number of carbonyl (C=O) groups is 1. The summed E-state index contributed by atoms with van der Waals surface area (Å²) >= 11 is 0. The highest BCUT2D eigenvalue weighted by Crippen LogP contribution is 2.28. The van der Waals surface area contributed by atoms with E-state index in [2.05, 4.69) is 15.0 Å². The zero-order valence-electron chi connectivity index (χ0n) is 18.5. The Morgan fingerprint density at radius 3 is 2.42 bits per heavy atom. The van der Waals surface area contributed by atoms with Gasteiger partial charge < -0.3 is 4.90 Å². The predicted molar refractivity (Wildman–Crippen MR) is 116 cm³/mol. The molecule has 2 aromatic heterocycles. The Balaban J connectivity index is 1.80. The number of alkyl halides is 2. The van der Waals surface area contributed by atoms with E-state index in [4.69, 9.17) is 0 Å². The monoisotopic (exact) mass is 460 g/mol. The Kier molecular flexibility index (Phi) is 7.40. The fourth-order valence-electron chi connectivity index (χ4n) is 3.53. The average molecular weight is 460 g/mol. The van der Waals surface area contributed by atoms with Crippen molar-refractivity contribution in [2.45, 2.75) is 45.6 Å². The van der Waals surface area contributed by atoms with Crippen molar-refractivity contribution in [2.24, 2.45) is 0 Å². The topological polar surface area (TPSA) is 59.0 Å². The van der Waals surface area contributed by atoms with Crippen molar-refractivity contribution in [3.05, 3.63) is 77.4 Å². The summed E-state index contributed by atoms with van der Waals surface area (Å²) in [5, 5.41) is 0. The van der Waals surface area contributed by atoms with Crippen molar-refractivity contribution < 1.29 is 22.4 Å². The number of aromatic nitrogens is 3. The van der Waals surface area contributed by atoms with Gasteiger partial charge in [-0.25, -0.2) is 27.5 Å². The van der Waals surface area contributed by atoms with E-state index in [1.165, 1.54) is 29.4 Å². The van der Waals surface area contributed by atoms with Gasteiger partial charge in [0, 0.05) is 49.2 Å². The van der Waals surface area contributed by atoms with Gasteiger partial charge in [-0.2, -0.15) is 0 Å².